The number of pyridine rings is 4. The van der Waals surface area contributed by atoms with Crippen LogP contribution in [-0.4, -0.2) is 29.9 Å². The van der Waals surface area contributed by atoms with Crippen LogP contribution in [0.3, 0.4) is 0 Å². The Morgan fingerprint density at radius 1 is 0.204 bits per heavy atom. The van der Waals surface area contributed by atoms with Gasteiger partial charge in [0.05, 0.1) is 55.9 Å². The molecule has 5 aromatic heterocycles. The van der Waals surface area contributed by atoms with E-state index < -0.39 is 7.14 Å². The van der Waals surface area contributed by atoms with Crippen LogP contribution in [0.5, 0.6) is 0 Å². The molecule has 13 aromatic carbocycles. The molecule has 8 heteroatoms. The highest BCUT2D eigenvalue weighted by Gasteiger charge is 2.30. The van der Waals surface area contributed by atoms with Crippen LogP contribution in [0.1, 0.15) is 0 Å². The highest BCUT2D eigenvalue weighted by Crippen LogP contribution is 2.44. The standard InChI is InChI=1S/C46H31N2OP.C44H28N4/c49-50(37-14-6-2-7-15-37,38-16-8-3-9-17-38)39-28-24-33(25-29-39)32-20-22-34(23-21-32)42-31-27-36-26-30-41-44(35-12-4-1-5-13-35)40-18-10-11-19-43(40)48-46(41)45(36)47-42;1-4-13-29(14-5-1)39-28-40(30-15-6-2-7-16-30)48-44(47-39)34-20-12-19-33(27-34)37-26-24-32-23-25-36-41(31-17-8-3-9-18-31)35-21-10-11-22-38(35)46-43(36)42(32)45-37/h1-31H;1-28H. The quantitative estimate of drug-likeness (QED) is 0.0723. The molecule has 5 heterocycles. The molecule has 0 unspecified atom stereocenters. The Bertz CT molecular complexity index is 5940. The van der Waals surface area contributed by atoms with E-state index in [-0.39, 0.29) is 0 Å². The molecule has 7 nitrogen and oxygen atoms in total. The minimum atomic E-state index is -3.02. The molecular weight excluding hydrogens is 1210 g/mol. The maximum Gasteiger partial charge on any atom is 0.171 e. The van der Waals surface area contributed by atoms with E-state index in [4.69, 9.17) is 29.9 Å². The monoisotopic (exact) mass is 1270 g/mol. The van der Waals surface area contributed by atoms with Crippen molar-refractivity contribution in [2.75, 3.05) is 0 Å². The fraction of sp³-hybridized carbons (Fsp3) is 0. The first-order valence-electron chi connectivity index (χ1n) is 32.8. The largest absolute Gasteiger partial charge is 0.309 e. The van der Waals surface area contributed by atoms with Crippen molar-refractivity contribution in [3.8, 4) is 89.8 Å². The van der Waals surface area contributed by atoms with Gasteiger partial charge in [-0.15, -0.1) is 0 Å². The molecule has 460 valence electrons. The summed E-state index contributed by atoms with van der Waals surface area (Å²) in [7, 11) is -3.02. The van der Waals surface area contributed by atoms with Gasteiger partial charge in [0.2, 0.25) is 0 Å². The molecule has 0 amide bonds. The number of hydrogen-bond donors (Lipinski definition) is 0. The minimum Gasteiger partial charge on any atom is -0.309 e. The first-order chi connectivity index (χ1) is 48.4. The van der Waals surface area contributed by atoms with E-state index in [0.29, 0.717) is 5.82 Å². The number of aromatic nitrogens is 6. The van der Waals surface area contributed by atoms with Crippen molar-refractivity contribution in [1.29, 1.82) is 0 Å². The van der Waals surface area contributed by atoms with Gasteiger partial charge in [-0.3, -0.25) is 0 Å². The van der Waals surface area contributed by atoms with E-state index in [1.807, 2.05) is 121 Å². The first-order valence-corrected chi connectivity index (χ1v) is 34.5. The predicted octanol–water partition coefficient (Wildman–Crippen LogP) is 21.6. The number of rotatable bonds is 11. The zero-order valence-electron chi connectivity index (χ0n) is 53.1. The fourth-order valence-electron chi connectivity index (χ4n) is 13.6. The Morgan fingerprint density at radius 3 is 1.02 bits per heavy atom. The second-order valence-electron chi connectivity index (χ2n) is 24.4. The average Bonchev–Trinajstić information content (AvgIpc) is 0.753. The summed E-state index contributed by atoms with van der Waals surface area (Å²) in [6.07, 6.45) is 0. The van der Waals surface area contributed by atoms with Crippen LogP contribution < -0.4 is 15.9 Å². The summed E-state index contributed by atoms with van der Waals surface area (Å²) in [4.78, 5) is 30.9. The first kappa shape index (κ1) is 59.1. The van der Waals surface area contributed by atoms with E-state index in [9.17, 15) is 4.57 Å². The van der Waals surface area contributed by atoms with Crippen LogP contribution in [0.15, 0.2) is 358 Å². The summed E-state index contributed by atoms with van der Waals surface area (Å²) in [5, 5.41) is 9.04. The number of hydrogen-bond acceptors (Lipinski definition) is 7. The van der Waals surface area contributed by atoms with Gasteiger partial charge in [-0.25, -0.2) is 29.9 Å². The lowest BCUT2D eigenvalue weighted by molar-refractivity contribution is 0.592. The Kier molecular flexibility index (Phi) is 15.4. The van der Waals surface area contributed by atoms with Crippen molar-refractivity contribution in [3.63, 3.8) is 0 Å². The van der Waals surface area contributed by atoms with Crippen LogP contribution in [0, 0.1) is 0 Å². The molecule has 98 heavy (non-hydrogen) atoms. The molecule has 0 fully saturated rings. The van der Waals surface area contributed by atoms with Crippen LogP contribution in [0.4, 0.5) is 0 Å². The van der Waals surface area contributed by atoms with E-state index in [2.05, 4.69) is 237 Å². The van der Waals surface area contributed by atoms with Crippen molar-refractivity contribution in [2.24, 2.45) is 0 Å². The summed E-state index contributed by atoms with van der Waals surface area (Å²) in [6, 6.07) is 122. The number of nitrogens with zero attached hydrogens (tertiary/aromatic N) is 6. The summed E-state index contributed by atoms with van der Waals surface area (Å²) >= 11 is 0. The Morgan fingerprint density at radius 2 is 0.551 bits per heavy atom. The highest BCUT2D eigenvalue weighted by molar-refractivity contribution is 7.85. The zero-order chi connectivity index (χ0) is 65.4. The summed E-state index contributed by atoms with van der Waals surface area (Å²) in [5.74, 6) is 0.670. The fourth-order valence-corrected chi connectivity index (χ4v) is 16.2. The molecule has 0 saturated heterocycles. The molecule has 0 aliphatic carbocycles. The van der Waals surface area contributed by atoms with Gasteiger partial charge in [0.15, 0.2) is 13.0 Å². The molecule has 0 radical (unpaired) electrons. The molecular formula is C90H59N6OP. The lowest BCUT2D eigenvalue weighted by Gasteiger charge is -2.20. The van der Waals surface area contributed by atoms with Crippen molar-refractivity contribution >= 4 is 88.5 Å². The Balaban J connectivity index is 0.000000147. The summed E-state index contributed by atoms with van der Waals surface area (Å²) in [6.45, 7) is 0. The van der Waals surface area contributed by atoms with E-state index >= 15 is 0 Å². The van der Waals surface area contributed by atoms with Gasteiger partial charge in [0.1, 0.15) is 0 Å². The number of fused-ring (bicyclic) bond motifs is 8. The number of para-hydroxylation sites is 2. The van der Waals surface area contributed by atoms with Gasteiger partial charge in [0, 0.05) is 87.2 Å². The SMILES string of the molecule is O=P(c1ccccc1)(c1ccccc1)c1ccc(-c2ccc(-c3ccc4ccc5c(-c6ccccc6)c6ccccc6nc5c4n3)cc2)cc1.c1ccc(-c2cc(-c3ccccc3)nc(-c3cccc(-c4ccc5ccc6c(-c7ccccc7)c7ccccc7nc6c5n4)c3)n2)cc1. The maximum absolute atomic E-state index is 14.8. The number of benzene rings is 13. The molecule has 0 aliphatic heterocycles. The van der Waals surface area contributed by atoms with E-state index in [1.54, 1.807) is 0 Å². The van der Waals surface area contributed by atoms with Gasteiger partial charge in [0.25, 0.3) is 0 Å². The van der Waals surface area contributed by atoms with Crippen molar-refractivity contribution in [2.45, 2.75) is 0 Å². The van der Waals surface area contributed by atoms with Gasteiger partial charge in [-0.1, -0.05) is 322 Å². The smallest absolute Gasteiger partial charge is 0.171 e. The van der Waals surface area contributed by atoms with Gasteiger partial charge < -0.3 is 4.57 Å². The molecule has 18 aromatic rings. The Labute approximate surface area is 567 Å². The predicted molar refractivity (Wildman–Crippen MR) is 408 cm³/mol. The van der Waals surface area contributed by atoms with Gasteiger partial charge in [-0.05, 0) is 58.7 Å². The lowest BCUT2D eigenvalue weighted by atomic mass is 9.95. The van der Waals surface area contributed by atoms with Gasteiger partial charge in [-0.2, -0.15) is 0 Å². The second-order valence-corrected chi connectivity index (χ2v) is 27.1. The van der Waals surface area contributed by atoms with Crippen molar-refractivity contribution in [3.05, 3.63) is 358 Å². The molecule has 0 bridgehead atoms. The van der Waals surface area contributed by atoms with Crippen LogP contribution >= 0.6 is 7.14 Å². The zero-order valence-corrected chi connectivity index (χ0v) is 54.0. The van der Waals surface area contributed by atoms with E-state index in [0.717, 1.165) is 154 Å². The highest BCUT2D eigenvalue weighted by atomic mass is 31.2. The normalized spacial score (nSPS) is 11.5. The maximum atomic E-state index is 14.8. The molecule has 18 rings (SSSR count). The van der Waals surface area contributed by atoms with Gasteiger partial charge >= 0.3 is 0 Å². The lowest BCUT2D eigenvalue weighted by Crippen LogP contribution is -2.24. The summed E-state index contributed by atoms with van der Waals surface area (Å²) in [5.41, 5.74) is 20.9. The minimum absolute atomic E-state index is 0.670. The molecule has 0 aliphatic rings. The Hall–Kier alpha value is -12.7. The molecule has 0 N–H and O–H groups in total. The molecule has 0 spiro atoms. The topological polar surface area (TPSA) is 94.4 Å². The van der Waals surface area contributed by atoms with Crippen LogP contribution in [0.2, 0.25) is 0 Å². The third-order valence-electron chi connectivity index (χ3n) is 18.4. The molecule has 0 saturated carbocycles. The van der Waals surface area contributed by atoms with Crippen molar-refractivity contribution in [1.82, 2.24) is 29.9 Å². The molecule has 0 atom stereocenters. The van der Waals surface area contributed by atoms with Crippen LogP contribution in [-0.2, 0) is 4.57 Å². The second kappa shape index (κ2) is 25.6. The third kappa shape index (κ3) is 11.1. The van der Waals surface area contributed by atoms with E-state index in [1.165, 1.54) is 11.1 Å². The van der Waals surface area contributed by atoms with Crippen molar-refractivity contribution < 1.29 is 4.57 Å². The van der Waals surface area contributed by atoms with Crippen LogP contribution in [0.25, 0.3) is 155 Å². The third-order valence-corrected chi connectivity index (χ3v) is 21.5. The average molecular weight is 1270 g/mol. The summed E-state index contributed by atoms with van der Waals surface area (Å²) < 4.78 is 14.8.